The molecule has 26 heavy (non-hydrogen) atoms. The average molecular weight is 349 g/mol. The number of hydrogen-bond donors (Lipinski definition) is 1. The fourth-order valence-corrected chi connectivity index (χ4v) is 2.34. The van der Waals surface area contributed by atoms with Crippen LogP contribution >= 0.6 is 0 Å². The lowest BCUT2D eigenvalue weighted by Gasteiger charge is -2.04. The van der Waals surface area contributed by atoms with Gasteiger partial charge in [0.2, 0.25) is 11.7 Å². The zero-order valence-corrected chi connectivity index (χ0v) is 14.6. The zero-order valence-electron chi connectivity index (χ0n) is 14.6. The van der Waals surface area contributed by atoms with Crippen molar-refractivity contribution >= 4 is 17.4 Å². The number of aromatic nitrogens is 4. The van der Waals surface area contributed by atoms with Gasteiger partial charge in [-0.25, -0.2) is 0 Å². The number of ketones is 1. The van der Waals surface area contributed by atoms with Crippen molar-refractivity contribution in [3.8, 4) is 11.4 Å². The van der Waals surface area contributed by atoms with Gasteiger partial charge in [0.15, 0.2) is 5.78 Å². The van der Waals surface area contributed by atoms with E-state index in [0.29, 0.717) is 23.5 Å². The molecule has 0 aliphatic rings. The molecule has 0 radical (unpaired) electrons. The summed E-state index contributed by atoms with van der Waals surface area (Å²) < 4.78 is 0. The molecule has 0 fully saturated rings. The van der Waals surface area contributed by atoms with E-state index in [0.717, 1.165) is 11.1 Å². The lowest BCUT2D eigenvalue weighted by Crippen LogP contribution is -2.14. The molecule has 0 saturated heterocycles. The summed E-state index contributed by atoms with van der Waals surface area (Å²) in [7, 11) is 0. The number of nitrogens with zero attached hydrogens (tertiary/aromatic N) is 4. The Hall–Kier alpha value is -3.35. The average Bonchev–Trinajstić information content (AvgIpc) is 3.11. The normalized spacial score (nSPS) is 10.5. The first-order chi connectivity index (χ1) is 12.5. The standard InChI is InChI=1S/C19H19N5O2/c1-3-18(26)20-16-10-8-14(9-11-16)17(25)12-24-22-19(21-23-24)15-6-4-13(2)5-7-15/h4-11H,3,12H2,1-2H3,(H,20,26). The maximum Gasteiger partial charge on any atom is 0.224 e. The molecule has 3 rings (SSSR count). The molecule has 7 heteroatoms. The fraction of sp³-hybridized carbons (Fsp3) is 0.211. The number of Topliss-reactive ketones (excluding diaryl/α,β-unsaturated/α-hetero) is 1. The summed E-state index contributed by atoms with van der Waals surface area (Å²) in [6, 6.07) is 14.5. The number of aryl methyl sites for hydroxylation is 1. The van der Waals surface area contributed by atoms with E-state index in [1.165, 1.54) is 4.80 Å². The van der Waals surface area contributed by atoms with E-state index >= 15 is 0 Å². The van der Waals surface area contributed by atoms with Gasteiger partial charge >= 0.3 is 0 Å². The Morgan fingerprint density at radius 2 is 1.73 bits per heavy atom. The van der Waals surface area contributed by atoms with Gasteiger partial charge in [-0.2, -0.15) is 4.80 Å². The zero-order chi connectivity index (χ0) is 18.5. The highest BCUT2D eigenvalue weighted by Crippen LogP contribution is 2.14. The van der Waals surface area contributed by atoms with Gasteiger partial charge in [-0.1, -0.05) is 36.8 Å². The van der Waals surface area contributed by atoms with E-state index in [1.54, 1.807) is 31.2 Å². The Morgan fingerprint density at radius 1 is 1.04 bits per heavy atom. The Kier molecular flexibility index (Phi) is 5.17. The Labute approximate surface area is 151 Å². The molecule has 1 amide bonds. The molecule has 0 saturated carbocycles. The van der Waals surface area contributed by atoms with E-state index in [4.69, 9.17) is 0 Å². The number of tetrazole rings is 1. The highest BCUT2D eigenvalue weighted by molar-refractivity contribution is 5.97. The lowest BCUT2D eigenvalue weighted by atomic mass is 10.1. The molecule has 132 valence electrons. The highest BCUT2D eigenvalue weighted by atomic mass is 16.1. The van der Waals surface area contributed by atoms with Gasteiger partial charge in [0.05, 0.1) is 0 Å². The molecule has 1 heterocycles. The van der Waals surface area contributed by atoms with Gasteiger partial charge in [0, 0.05) is 23.2 Å². The summed E-state index contributed by atoms with van der Waals surface area (Å²) in [5.74, 6) is 0.279. The molecule has 3 aromatic rings. The van der Waals surface area contributed by atoms with Crippen LogP contribution < -0.4 is 5.32 Å². The molecule has 0 spiro atoms. The number of amides is 1. The lowest BCUT2D eigenvalue weighted by molar-refractivity contribution is -0.115. The second kappa shape index (κ2) is 7.69. The molecule has 0 bridgehead atoms. The number of nitrogens with one attached hydrogen (secondary N) is 1. The Morgan fingerprint density at radius 3 is 2.38 bits per heavy atom. The van der Waals surface area contributed by atoms with Crippen molar-refractivity contribution in [1.29, 1.82) is 0 Å². The van der Waals surface area contributed by atoms with Crippen molar-refractivity contribution in [3.05, 3.63) is 59.7 Å². The van der Waals surface area contributed by atoms with E-state index in [2.05, 4.69) is 20.7 Å². The van der Waals surface area contributed by atoms with Gasteiger partial charge in [0.1, 0.15) is 6.54 Å². The summed E-state index contributed by atoms with van der Waals surface area (Å²) in [5.41, 5.74) is 3.18. The van der Waals surface area contributed by atoms with Crippen LogP contribution in [0.2, 0.25) is 0 Å². The van der Waals surface area contributed by atoms with Crippen molar-refractivity contribution in [2.24, 2.45) is 0 Å². The van der Waals surface area contributed by atoms with Gasteiger partial charge in [-0.3, -0.25) is 9.59 Å². The van der Waals surface area contributed by atoms with Crippen LogP contribution in [-0.2, 0) is 11.3 Å². The minimum atomic E-state index is -0.133. The minimum absolute atomic E-state index is 0.000469. The second-order valence-electron chi connectivity index (χ2n) is 5.91. The van der Waals surface area contributed by atoms with Crippen LogP contribution in [-0.4, -0.2) is 31.9 Å². The predicted molar refractivity (Wildman–Crippen MR) is 97.7 cm³/mol. The number of hydrogen-bond acceptors (Lipinski definition) is 5. The van der Waals surface area contributed by atoms with Crippen LogP contribution in [0.4, 0.5) is 5.69 Å². The molecule has 0 aliphatic heterocycles. The quantitative estimate of drug-likeness (QED) is 0.691. The summed E-state index contributed by atoms with van der Waals surface area (Å²) >= 11 is 0. The topological polar surface area (TPSA) is 89.8 Å². The van der Waals surface area contributed by atoms with Crippen molar-refractivity contribution in [1.82, 2.24) is 20.2 Å². The van der Waals surface area contributed by atoms with Gasteiger partial charge in [-0.15, -0.1) is 10.2 Å². The minimum Gasteiger partial charge on any atom is -0.326 e. The molecule has 0 aliphatic carbocycles. The summed E-state index contributed by atoms with van der Waals surface area (Å²) in [5, 5.41) is 15.0. The van der Waals surface area contributed by atoms with E-state index in [1.807, 2.05) is 31.2 Å². The van der Waals surface area contributed by atoms with Crippen LogP contribution in [0, 0.1) is 6.92 Å². The molecule has 0 unspecified atom stereocenters. The summed E-state index contributed by atoms with van der Waals surface area (Å²) in [6.07, 6.45) is 0.405. The van der Waals surface area contributed by atoms with E-state index in [9.17, 15) is 9.59 Å². The first kappa shape index (κ1) is 17.5. The third-order valence-electron chi connectivity index (χ3n) is 3.86. The predicted octanol–water partition coefficient (Wildman–Crippen LogP) is 2.88. The van der Waals surface area contributed by atoms with Crippen LogP contribution in [0.1, 0.15) is 29.3 Å². The Bertz CT molecular complexity index is 914. The SMILES string of the molecule is CCC(=O)Nc1ccc(C(=O)Cn2nnc(-c3ccc(C)cc3)n2)cc1. The van der Waals surface area contributed by atoms with Crippen LogP contribution in [0.25, 0.3) is 11.4 Å². The molecular formula is C19H19N5O2. The molecule has 0 atom stereocenters. The van der Waals surface area contributed by atoms with Gasteiger partial charge in [0.25, 0.3) is 0 Å². The number of carbonyl (C=O) groups is 2. The van der Waals surface area contributed by atoms with Crippen molar-refractivity contribution < 1.29 is 9.59 Å². The summed E-state index contributed by atoms with van der Waals surface area (Å²) in [6.45, 7) is 3.79. The van der Waals surface area contributed by atoms with E-state index in [-0.39, 0.29) is 18.2 Å². The van der Waals surface area contributed by atoms with Crippen LogP contribution in [0.3, 0.4) is 0 Å². The first-order valence-corrected chi connectivity index (χ1v) is 8.33. The van der Waals surface area contributed by atoms with Crippen LogP contribution in [0.15, 0.2) is 48.5 Å². The second-order valence-corrected chi connectivity index (χ2v) is 5.91. The molecular weight excluding hydrogens is 330 g/mol. The van der Waals surface area contributed by atoms with Crippen molar-refractivity contribution in [2.75, 3.05) is 5.32 Å². The number of rotatable bonds is 6. The third kappa shape index (κ3) is 4.18. The van der Waals surface area contributed by atoms with Crippen molar-refractivity contribution in [3.63, 3.8) is 0 Å². The first-order valence-electron chi connectivity index (χ1n) is 8.33. The van der Waals surface area contributed by atoms with Gasteiger partial charge in [-0.05, 0) is 36.4 Å². The maximum atomic E-state index is 12.4. The maximum absolute atomic E-state index is 12.4. The molecule has 1 aromatic heterocycles. The number of carbonyl (C=O) groups excluding carboxylic acids is 2. The third-order valence-corrected chi connectivity index (χ3v) is 3.86. The van der Waals surface area contributed by atoms with Gasteiger partial charge < -0.3 is 5.32 Å². The van der Waals surface area contributed by atoms with E-state index < -0.39 is 0 Å². The molecule has 1 N–H and O–H groups in total. The highest BCUT2D eigenvalue weighted by Gasteiger charge is 2.11. The fourth-order valence-electron chi connectivity index (χ4n) is 2.34. The number of anilines is 1. The van der Waals surface area contributed by atoms with Crippen LogP contribution in [0.5, 0.6) is 0 Å². The smallest absolute Gasteiger partial charge is 0.224 e. The monoisotopic (exact) mass is 349 g/mol. The molecule has 7 nitrogen and oxygen atoms in total. The number of benzene rings is 2. The Balaban J connectivity index is 1.66. The molecule has 2 aromatic carbocycles. The summed E-state index contributed by atoms with van der Waals surface area (Å²) in [4.78, 5) is 25.0. The largest absolute Gasteiger partial charge is 0.326 e. The van der Waals surface area contributed by atoms with Crippen molar-refractivity contribution in [2.45, 2.75) is 26.8 Å².